The fourth-order valence-corrected chi connectivity index (χ4v) is 2.52. The molecular formula is C15H20FN. The molecule has 2 rings (SSSR count). The van der Waals surface area contributed by atoms with Crippen LogP contribution in [-0.2, 0) is 0 Å². The Labute approximate surface area is 103 Å². The Bertz CT molecular complexity index is 446. The van der Waals surface area contributed by atoms with Gasteiger partial charge in [0.15, 0.2) is 0 Å². The summed E-state index contributed by atoms with van der Waals surface area (Å²) in [4.78, 5) is 0. The summed E-state index contributed by atoms with van der Waals surface area (Å²) in [6.45, 7) is 3.90. The van der Waals surface area contributed by atoms with Crippen molar-refractivity contribution in [2.45, 2.75) is 45.6 Å². The Kier molecular flexibility index (Phi) is 3.63. The summed E-state index contributed by atoms with van der Waals surface area (Å²) >= 11 is 0. The second-order valence-electron chi connectivity index (χ2n) is 4.95. The van der Waals surface area contributed by atoms with Crippen molar-refractivity contribution in [1.29, 1.82) is 0 Å². The number of allylic oxidation sites excluding steroid dienone is 2. The van der Waals surface area contributed by atoms with Gasteiger partial charge in [0.05, 0.1) is 0 Å². The number of hydrogen-bond acceptors (Lipinski definition) is 1. The molecule has 1 aromatic carbocycles. The van der Waals surface area contributed by atoms with Gasteiger partial charge in [0.2, 0.25) is 0 Å². The molecule has 0 saturated heterocycles. The zero-order valence-electron chi connectivity index (χ0n) is 10.6. The number of benzene rings is 1. The molecule has 0 unspecified atom stereocenters. The second kappa shape index (κ2) is 5.01. The van der Waals surface area contributed by atoms with Gasteiger partial charge in [-0.1, -0.05) is 6.08 Å². The first-order valence-electron chi connectivity index (χ1n) is 6.34. The summed E-state index contributed by atoms with van der Waals surface area (Å²) in [6.07, 6.45) is 6.63. The summed E-state index contributed by atoms with van der Waals surface area (Å²) in [5, 5.41) is 0. The average molecular weight is 233 g/mol. The first-order valence-corrected chi connectivity index (χ1v) is 6.34. The van der Waals surface area contributed by atoms with Gasteiger partial charge in [-0.15, -0.1) is 0 Å². The molecule has 0 spiro atoms. The standard InChI is InChI=1S/C15H20FN/c1-10-8-14(12-6-4-3-5-7-12)15(16)9-13(10)11(2)17/h6,8-9,11H,3-5,7,17H2,1-2H3/t11-/m1/s1. The monoisotopic (exact) mass is 233 g/mol. The Hall–Kier alpha value is -1.15. The maximum atomic E-state index is 14.1. The molecule has 0 heterocycles. The van der Waals surface area contributed by atoms with Crippen LogP contribution in [0.15, 0.2) is 18.2 Å². The zero-order valence-corrected chi connectivity index (χ0v) is 10.6. The van der Waals surface area contributed by atoms with Crippen LogP contribution in [0.1, 0.15) is 55.3 Å². The Morgan fingerprint density at radius 3 is 2.65 bits per heavy atom. The molecule has 0 aliphatic heterocycles. The highest BCUT2D eigenvalue weighted by atomic mass is 19.1. The van der Waals surface area contributed by atoms with E-state index in [1.165, 1.54) is 12.8 Å². The minimum absolute atomic E-state index is 0.112. The van der Waals surface area contributed by atoms with Gasteiger partial charge < -0.3 is 5.73 Å². The summed E-state index contributed by atoms with van der Waals surface area (Å²) < 4.78 is 14.1. The van der Waals surface area contributed by atoms with Gasteiger partial charge in [0, 0.05) is 11.6 Å². The van der Waals surface area contributed by atoms with E-state index in [0.29, 0.717) is 0 Å². The Morgan fingerprint density at radius 1 is 1.29 bits per heavy atom. The Morgan fingerprint density at radius 2 is 2.06 bits per heavy atom. The van der Waals surface area contributed by atoms with Crippen LogP contribution in [0.2, 0.25) is 0 Å². The Balaban J connectivity index is 2.42. The van der Waals surface area contributed by atoms with Gasteiger partial charge in [-0.05, 0) is 68.4 Å². The van der Waals surface area contributed by atoms with E-state index in [1.807, 2.05) is 19.9 Å². The molecule has 1 aliphatic rings. The van der Waals surface area contributed by atoms with Gasteiger partial charge in [0.25, 0.3) is 0 Å². The first kappa shape index (κ1) is 12.3. The lowest BCUT2D eigenvalue weighted by atomic mass is 9.90. The van der Waals surface area contributed by atoms with Gasteiger partial charge in [-0.25, -0.2) is 4.39 Å². The van der Waals surface area contributed by atoms with E-state index in [4.69, 9.17) is 5.73 Å². The lowest BCUT2D eigenvalue weighted by Crippen LogP contribution is -2.08. The van der Waals surface area contributed by atoms with Gasteiger partial charge in [-0.3, -0.25) is 0 Å². The summed E-state index contributed by atoms with van der Waals surface area (Å²) in [7, 11) is 0. The van der Waals surface area contributed by atoms with E-state index in [0.717, 1.165) is 35.1 Å². The quantitative estimate of drug-likeness (QED) is 0.817. The van der Waals surface area contributed by atoms with Crippen LogP contribution in [0.25, 0.3) is 5.57 Å². The lowest BCUT2D eigenvalue weighted by molar-refractivity contribution is 0.614. The van der Waals surface area contributed by atoms with E-state index in [9.17, 15) is 4.39 Å². The van der Waals surface area contributed by atoms with E-state index in [1.54, 1.807) is 6.07 Å². The molecule has 0 fully saturated rings. The minimum Gasteiger partial charge on any atom is -0.324 e. The molecule has 0 radical (unpaired) electrons. The molecule has 0 amide bonds. The largest absolute Gasteiger partial charge is 0.324 e. The molecule has 1 aromatic rings. The SMILES string of the molecule is Cc1cc(C2=CCCCC2)c(F)cc1[C@@H](C)N. The molecule has 1 atom stereocenters. The van der Waals surface area contributed by atoms with Gasteiger partial charge >= 0.3 is 0 Å². The first-order chi connectivity index (χ1) is 8.09. The van der Waals surface area contributed by atoms with Crippen molar-refractivity contribution < 1.29 is 4.39 Å². The van der Waals surface area contributed by atoms with Gasteiger partial charge in [-0.2, -0.15) is 0 Å². The third kappa shape index (κ3) is 2.58. The molecule has 2 heteroatoms. The molecule has 0 bridgehead atoms. The lowest BCUT2D eigenvalue weighted by Gasteiger charge is -2.17. The molecule has 92 valence electrons. The van der Waals surface area contributed by atoms with Crippen LogP contribution < -0.4 is 5.73 Å². The van der Waals surface area contributed by atoms with Crippen LogP contribution in [0.4, 0.5) is 4.39 Å². The number of halogens is 1. The van der Waals surface area contributed by atoms with E-state index < -0.39 is 0 Å². The van der Waals surface area contributed by atoms with Crippen molar-refractivity contribution >= 4 is 5.57 Å². The molecule has 2 N–H and O–H groups in total. The molecular weight excluding hydrogens is 213 g/mol. The molecule has 0 aromatic heterocycles. The fourth-order valence-electron chi connectivity index (χ4n) is 2.52. The highest BCUT2D eigenvalue weighted by molar-refractivity contribution is 5.67. The third-order valence-corrected chi connectivity index (χ3v) is 3.48. The second-order valence-corrected chi connectivity index (χ2v) is 4.95. The molecule has 0 saturated carbocycles. The highest BCUT2D eigenvalue weighted by Crippen LogP contribution is 2.31. The predicted molar refractivity (Wildman–Crippen MR) is 70.2 cm³/mol. The average Bonchev–Trinajstić information content (AvgIpc) is 2.32. The van der Waals surface area contributed by atoms with E-state index in [2.05, 4.69) is 6.08 Å². The van der Waals surface area contributed by atoms with E-state index >= 15 is 0 Å². The topological polar surface area (TPSA) is 26.0 Å². The highest BCUT2D eigenvalue weighted by Gasteiger charge is 2.14. The zero-order chi connectivity index (χ0) is 12.4. The number of rotatable bonds is 2. The van der Waals surface area contributed by atoms with Crippen molar-refractivity contribution in [3.63, 3.8) is 0 Å². The minimum atomic E-state index is -0.129. The van der Waals surface area contributed by atoms with Crippen LogP contribution in [0.3, 0.4) is 0 Å². The van der Waals surface area contributed by atoms with Crippen LogP contribution in [0, 0.1) is 12.7 Å². The molecule has 17 heavy (non-hydrogen) atoms. The summed E-state index contributed by atoms with van der Waals surface area (Å²) in [6, 6.07) is 3.44. The maximum Gasteiger partial charge on any atom is 0.131 e. The van der Waals surface area contributed by atoms with Crippen LogP contribution >= 0.6 is 0 Å². The smallest absolute Gasteiger partial charge is 0.131 e. The van der Waals surface area contributed by atoms with Crippen molar-refractivity contribution in [1.82, 2.24) is 0 Å². The fraction of sp³-hybridized carbons (Fsp3) is 0.467. The van der Waals surface area contributed by atoms with Crippen molar-refractivity contribution in [3.8, 4) is 0 Å². The van der Waals surface area contributed by atoms with Crippen molar-refractivity contribution in [2.24, 2.45) is 5.73 Å². The van der Waals surface area contributed by atoms with Crippen LogP contribution in [0.5, 0.6) is 0 Å². The molecule has 1 nitrogen and oxygen atoms in total. The normalized spacial score (nSPS) is 17.8. The third-order valence-electron chi connectivity index (χ3n) is 3.48. The van der Waals surface area contributed by atoms with Crippen molar-refractivity contribution in [2.75, 3.05) is 0 Å². The number of aryl methyl sites for hydroxylation is 1. The number of hydrogen-bond donors (Lipinski definition) is 1. The van der Waals surface area contributed by atoms with Gasteiger partial charge in [0.1, 0.15) is 5.82 Å². The summed E-state index contributed by atoms with van der Waals surface area (Å²) in [5.41, 5.74) is 9.75. The molecule has 1 aliphatic carbocycles. The van der Waals surface area contributed by atoms with Crippen molar-refractivity contribution in [3.05, 3.63) is 40.7 Å². The maximum absolute atomic E-state index is 14.1. The van der Waals surface area contributed by atoms with Crippen LogP contribution in [-0.4, -0.2) is 0 Å². The van der Waals surface area contributed by atoms with E-state index in [-0.39, 0.29) is 11.9 Å². The number of nitrogens with two attached hydrogens (primary N) is 1. The summed E-state index contributed by atoms with van der Waals surface area (Å²) in [5.74, 6) is -0.129. The predicted octanol–water partition coefficient (Wildman–Crippen LogP) is 4.11.